The molecule has 2 fully saturated rings. The smallest absolute Gasteiger partial charge is 0.494 e. The quantitative estimate of drug-likeness (QED) is 0.716. The van der Waals surface area contributed by atoms with Crippen molar-refractivity contribution >= 4 is 30.1 Å². The Kier molecular flexibility index (Phi) is 6.02. The highest BCUT2D eigenvalue weighted by atomic mass is 35.5. The molecule has 2 aliphatic heterocycles. The molecule has 1 aromatic rings. The predicted octanol–water partition coefficient (Wildman–Crippen LogP) is 2.31. The first kappa shape index (κ1) is 21.4. The van der Waals surface area contributed by atoms with Crippen LogP contribution in [0.5, 0.6) is 5.75 Å². The Morgan fingerprint density at radius 2 is 1.71 bits per heavy atom. The number of ether oxygens (including phenoxy) is 1. The van der Waals surface area contributed by atoms with Crippen LogP contribution in [-0.4, -0.2) is 67.3 Å². The maximum absolute atomic E-state index is 11.5. The van der Waals surface area contributed by atoms with Crippen LogP contribution in [0, 0.1) is 0 Å². The molecule has 2 heterocycles. The van der Waals surface area contributed by atoms with Crippen molar-refractivity contribution in [1.29, 1.82) is 0 Å². The van der Waals surface area contributed by atoms with E-state index in [1.807, 2.05) is 38.7 Å². The van der Waals surface area contributed by atoms with E-state index in [1.54, 1.807) is 14.0 Å². The van der Waals surface area contributed by atoms with E-state index < -0.39 is 18.3 Å². The molecule has 0 aromatic heterocycles. The molecule has 0 N–H and O–H groups in total. The third-order valence-corrected chi connectivity index (χ3v) is 6.36. The second kappa shape index (κ2) is 7.86. The fourth-order valence-electron chi connectivity index (χ4n) is 3.60. The van der Waals surface area contributed by atoms with Crippen LogP contribution in [-0.2, 0) is 20.6 Å². The maximum Gasteiger partial charge on any atom is 0.494 e. The number of methoxy groups -OCH3 is 1. The van der Waals surface area contributed by atoms with E-state index in [4.69, 9.17) is 25.6 Å². The zero-order chi connectivity index (χ0) is 20.7. The average Bonchev–Trinajstić information content (AvgIpc) is 2.83. The third-order valence-electron chi connectivity index (χ3n) is 6.08. The summed E-state index contributed by atoms with van der Waals surface area (Å²) < 4.78 is 17.9. The van der Waals surface area contributed by atoms with Crippen molar-refractivity contribution in [1.82, 2.24) is 9.80 Å². The molecule has 0 atom stereocenters. The van der Waals surface area contributed by atoms with Crippen LogP contribution in [0.25, 0.3) is 0 Å². The van der Waals surface area contributed by atoms with Crippen LogP contribution in [0.4, 0.5) is 0 Å². The number of nitrogens with zero attached hydrogens (tertiary/aromatic N) is 2. The van der Waals surface area contributed by atoms with Gasteiger partial charge in [0.05, 0.1) is 23.3 Å². The molecule has 0 radical (unpaired) electrons. The lowest BCUT2D eigenvalue weighted by Crippen LogP contribution is -2.47. The van der Waals surface area contributed by atoms with Gasteiger partial charge in [0.15, 0.2) is 0 Å². The van der Waals surface area contributed by atoms with Crippen molar-refractivity contribution in [3.05, 3.63) is 22.7 Å². The van der Waals surface area contributed by atoms with Gasteiger partial charge in [-0.3, -0.25) is 9.69 Å². The molecule has 154 valence electrons. The predicted molar refractivity (Wildman–Crippen MR) is 111 cm³/mol. The van der Waals surface area contributed by atoms with E-state index in [0.717, 1.165) is 37.2 Å². The molecule has 0 bridgehead atoms. The SMILES string of the molecule is COc1c(Cl)cc(B2OC(C)(C)C(C)(C)O2)cc1CN1CCN(C(C)=O)CC1. The van der Waals surface area contributed by atoms with Crippen LogP contribution >= 0.6 is 11.6 Å². The standard InChI is InChI=1S/C20H30BClN2O4/c1-14(25)24-9-7-23(8-10-24)13-15-11-16(12-17(22)18(15)26-6)21-27-19(2,3)20(4,5)28-21/h11-12H,7-10,13H2,1-6H3. The summed E-state index contributed by atoms with van der Waals surface area (Å²) in [5.41, 5.74) is 1.07. The van der Waals surface area contributed by atoms with E-state index in [1.165, 1.54) is 0 Å². The minimum atomic E-state index is -0.471. The first-order valence-electron chi connectivity index (χ1n) is 9.74. The van der Waals surface area contributed by atoms with Gasteiger partial charge in [-0.25, -0.2) is 0 Å². The largest absolute Gasteiger partial charge is 0.495 e. The second-order valence-electron chi connectivity index (χ2n) is 8.57. The highest BCUT2D eigenvalue weighted by molar-refractivity contribution is 6.62. The summed E-state index contributed by atoms with van der Waals surface area (Å²) in [4.78, 5) is 15.7. The lowest BCUT2D eigenvalue weighted by molar-refractivity contribution is -0.130. The van der Waals surface area contributed by atoms with Crippen molar-refractivity contribution in [2.75, 3.05) is 33.3 Å². The van der Waals surface area contributed by atoms with Crippen LogP contribution < -0.4 is 10.2 Å². The Labute approximate surface area is 173 Å². The number of benzene rings is 1. The van der Waals surface area contributed by atoms with Gasteiger partial charge >= 0.3 is 7.12 Å². The van der Waals surface area contributed by atoms with Crippen molar-refractivity contribution in [2.24, 2.45) is 0 Å². The van der Waals surface area contributed by atoms with E-state index in [9.17, 15) is 4.79 Å². The number of hydrogen-bond acceptors (Lipinski definition) is 5. The van der Waals surface area contributed by atoms with Gasteiger partial charge in [-0.05, 0) is 39.2 Å². The molecule has 0 saturated carbocycles. The van der Waals surface area contributed by atoms with Gasteiger partial charge in [0.2, 0.25) is 5.91 Å². The summed E-state index contributed by atoms with van der Waals surface area (Å²) in [6, 6.07) is 3.92. The fraction of sp³-hybridized carbons (Fsp3) is 0.650. The molecule has 8 heteroatoms. The average molecular weight is 409 g/mol. The minimum Gasteiger partial charge on any atom is -0.495 e. The van der Waals surface area contributed by atoms with Gasteiger partial charge in [-0.2, -0.15) is 0 Å². The molecule has 0 unspecified atom stereocenters. The number of carbonyl (C=O) groups excluding carboxylic acids is 1. The molecule has 3 rings (SSSR count). The summed E-state index contributed by atoms with van der Waals surface area (Å²) in [6.07, 6.45) is 0. The van der Waals surface area contributed by atoms with Crippen LogP contribution in [0.1, 0.15) is 40.2 Å². The molecule has 28 heavy (non-hydrogen) atoms. The van der Waals surface area contributed by atoms with Gasteiger partial charge in [0, 0.05) is 45.2 Å². The topological polar surface area (TPSA) is 51.2 Å². The van der Waals surface area contributed by atoms with Crippen molar-refractivity contribution in [3.8, 4) is 5.75 Å². The summed E-state index contributed by atoms with van der Waals surface area (Å²) in [5, 5.41) is 0.548. The molecule has 0 spiro atoms. The van der Waals surface area contributed by atoms with E-state index in [2.05, 4.69) is 11.0 Å². The maximum atomic E-state index is 11.5. The highest BCUT2D eigenvalue weighted by Crippen LogP contribution is 2.37. The molecule has 1 aromatic carbocycles. The molecule has 1 amide bonds. The lowest BCUT2D eigenvalue weighted by atomic mass is 9.78. The van der Waals surface area contributed by atoms with E-state index >= 15 is 0 Å². The third kappa shape index (κ3) is 4.18. The first-order valence-corrected chi connectivity index (χ1v) is 10.1. The highest BCUT2D eigenvalue weighted by Gasteiger charge is 2.51. The zero-order valence-corrected chi connectivity index (χ0v) is 18.4. The Morgan fingerprint density at radius 3 is 2.21 bits per heavy atom. The first-order chi connectivity index (χ1) is 13.0. The van der Waals surface area contributed by atoms with Crippen molar-refractivity contribution in [2.45, 2.75) is 52.4 Å². The Balaban J connectivity index is 1.81. The molecule has 0 aliphatic carbocycles. The second-order valence-corrected chi connectivity index (χ2v) is 8.97. The molecule has 2 aliphatic rings. The van der Waals surface area contributed by atoms with Gasteiger partial charge in [-0.1, -0.05) is 17.7 Å². The number of hydrogen-bond donors (Lipinski definition) is 0. The van der Waals surface area contributed by atoms with Gasteiger partial charge in [0.1, 0.15) is 5.75 Å². The van der Waals surface area contributed by atoms with Gasteiger partial charge < -0.3 is 18.9 Å². The van der Waals surface area contributed by atoms with Gasteiger partial charge in [-0.15, -0.1) is 0 Å². The Morgan fingerprint density at radius 1 is 1.14 bits per heavy atom. The summed E-state index contributed by atoms with van der Waals surface area (Å²) >= 11 is 6.53. The number of halogens is 1. The fourth-order valence-corrected chi connectivity index (χ4v) is 3.92. The number of rotatable bonds is 4. The monoisotopic (exact) mass is 408 g/mol. The molecular formula is C20H30BClN2O4. The van der Waals surface area contributed by atoms with Crippen molar-refractivity contribution in [3.63, 3.8) is 0 Å². The van der Waals surface area contributed by atoms with E-state index in [0.29, 0.717) is 17.3 Å². The summed E-state index contributed by atoms with van der Waals surface area (Å²) in [7, 11) is 1.16. The molecular weight excluding hydrogens is 378 g/mol. The van der Waals surface area contributed by atoms with Crippen molar-refractivity contribution < 1.29 is 18.8 Å². The Bertz CT molecular complexity index is 732. The number of amides is 1. The number of carbonyl (C=O) groups is 1. The van der Waals surface area contributed by atoms with Crippen LogP contribution in [0.2, 0.25) is 5.02 Å². The van der Waals surface area contributed by atoms with E-state index in [-0.39, 0.29) is 5.91 Å². The zero-order valence-electron chi connectivity index (χ0n) is 17.7. The molecule has 2 saturated heterocycles. The Hall–Kier alpha value is -1.28. The molecule has 6 nitrogen and oxygen atoms in total. The number of piperazine rings is 1. The van der Waals surface area contributed by atoms with Crippen LogP contribution in [0.15, 0.2) is 12.1 Å². The minimum absolute atomic E-state index is 0.128. The summed E-state index contributed by atoms with van der Waals surface area (Å²) in [5.74, 6) is 0.805. The summed E-state index contributed by atoms with van der Waals surface area (Å²) in [6.45, 7) is 13.6. The van der Waals surface area contributed by atoms with Crippen LogP contribution in [0.3, 0.4) is 0 Å². The normalized spacial score (nSPS) is 21.8. The lowest BCUT2D eigenvalue weighted by Gasteiger charge is -2.34. The van der Waals surface area contributed by atoms with Gasteiger partial charge in [0.25, 0.3) is 0 Å².